The van der Waals surface area contributed by atoms with Crippen LogP contribution < -0.4 is 0 Å². The lowest BCUT2D eigenvalue weighted by Crippen LogP contribution is -2.14. The number of carbonyl (C=O) groups is 1. The number of methoxy groups -OCH3 is 1. The fourth-order valence-corrected chi connectivity index (χ4v) is 1.79. The molecule has 0 saturated heterocycles. The van der Waals surface area contributed by atoms with Crippen LogP contribution >= 0.6 is 0 Å². The highest BCUT2D eigenvalue weighted by Gasteiger charge is 2.28. The molecule has 1 unspecified atom stereocenters. The van der Waals surface area contributed by atoms with Crippen molar-refractivity contribution < 1.29 is 9.53 Å². The molecule has 0 N–H and O–H groups in total. The summed E-state index contributed by atoms with van der Waals surface area (Å²) in [5, 5.41) is 0. The van der Waals surface area contributed by atoms with Crippen LogP contribution in [0.1, 0.15) is 30.9 Å². The number of ketones is 1. The van der Waals surface area contributed by atoms with Crippen molar-refractivity contribution in [3.05, 3.63) is 35.9 Å². The summed E-state index contributed by atoms with van der Waals surface area (Å²) in [7, 11) is 1.60. The molecule has 0 bridgehead atoms. The normalized spacial score (nSPS) is 17.4. The van der Waals surface area contributed by atoms with Gasteiger partial charge < -0.3 is 4.74 Å². The Hall–Kier alpha value is -1.15. The van der Waals surface area contributed by atoms with Gasteiger partial charge in [0.1, 0.15) is 6.10 Å². The van der Waals surface area contributed by atoms with Crippen molar-refractivity contribution in [1.82, 2.24) is 0 Å². The average molecular weight is 204 g/mol. The third kappa shape index (κ3) is 2.66. The maximum absolute atomic E-state index is 11.9. The van der Waals surface area contributed by atoms with Gasteiger partial charge in [-0.05, 0) is 24.3 Å². The summed E-state index contributed by atoms with van der Waals surface area (Å²) in [6, 6.07) is 9.71. The van der Waals surface area contributed by atoms with E-state index in [0.29, 0.717) is 12.3 Å². The van der Waals surface area contributed by atoms with E-state index in [-0.39, 0.29) is 11.9 Å². The standard InChI is InChI=1S/C13H16O2/c1-15-13(11-5-3-2-4-6-11)12(14)9-10-7-8-10/h2-6,10,13H,7-9H2,1H3. The molecule has 0 spiro atoms. The molecular weight excluding hydrogens is 188 g/mol. The highest BCUT2D eigenvalue weighted by Crippen LogP contribution is 2.34. The maximum Gasteiger partial charge on any atom is 0.166 e. The maximum atomic E-state index is 11.9. The quantitative estimate of drug-likeness (QED) is 0.737. The first-order chi connectivity index (χ1) is 7.31. The smallest absolute Gasteiger partial charge is 0.166 e. The van der Waals surface area contributed by atoms with Crippen LogP contribution in [-0.4, -0.2) is 12.9 Å². The lowest BCUT2D eigenvalue weighted by Gasteiger charge is -2.14. The Balaban J connectivity index is 2.05. The van der Waals surface area contributed by atoms with E-state index in [1.165, 1.54) is 12.8 Å². The highest BCUT2D eigenvalue weighted by atomic mass is 16.5. The molecule has 2 heteroatoms. The van der Waals surface area contributed by atoms with Gasteiger partial charge in [-0.3, -0.25) is 4.79 Å². The van der Waals surface area contributed by atoms with Crippen molar-refractivity contribution >= 4 is 5.78 Å². The summed E-state index contributed by atoms with van der Waals surface area (Å²) in [4.78, 5) is 11.9. The van der Waals surface area contributed by atoms with Crippen LogP contribution in [0.2, 0.25) is 0 Å². The number of carbonyl (C=O) groups excluding carboxylic acids is 1. The number of Topliss-reactive ketones (excluding diaryl/α,β-unsaturated/α-hetero) is 1. The zero-order valence-corrected chi connectivity index (χ0v) is 8.98. The molecule has 1 aromatic rings. The summed E-state index contributed by atoms with van der Waals surface area (Å²) in [6.45, 7) is 0. The molecule has 0 aliphatic heterocycles. The zero-order valence-electron chi connectivity index (χ0n) is 8.98. The average Bonchev–Trinajstić information content (AvgIpc) is 3.04. The Kier molecular flexibility index (Phi) is 3.17. The predicted octanol–water partition coefficient (Wildman–Crippen LogP) is 2.74. The molecule has 0 amide bonds. The van der Waals surface area contributed by atoms with Gasteiger partial charge in [0.2, 0.25) is 0 Å². The first-order valence-corrected chi connectivity index (χ1v) is 5.41. The molecule has 1 aliphatic rings. The van der Waals surface area contributed by atoms with Gasteiger partial charge in [0.05, 0.1) is 0 Å². The van der Waals surface area contributed by atoms with Gasteiger partial charge in [-0.25, -0.2) is 0 Å². The molecule has 2 nitrogen and oxygen atoms in total. The van der Waals surface area contributed by atoms with E-state index in [0.717, 1.165) is 5.56 Å². The number of hydrogen-bond donors (Lipinski definition) is 0. The van der Waals surface area contributed by atoms with E-state index in [2.05, 4.69) is 0 Å². The third-order valence-electron chi connectivity index (χ3n) is 2.82. The molecule has 1 atom stereocenters. The molecule has 80 valence electrons. The number of ether oxygens (including phenoxy) is 1. The fourth-order valence-electron chi connectivity index (χ4n) is 1.79. The lowest BCUT2D eigenvalue weighted by atomic mass is 10.0. The Morgan fingerprint density at radius 3 is 2.60 bits per heavy atom. The van der Waals surface area contributed by atoms with Gasteiger partial charge in [-0.1, -0.05) is 30.3 Å². The van der Waals surface area contributed by atoms with Gasteiger partial charge in [0.25, 0.3) is 0 Å². The minimum absolute atomic E-state index is 0.214. The predicted molar refractivity (Wildman–Crippen MR) is 58.5 cm³/mol. The van der Waals surface area contributed by atoms with Crippen LogP contribution in [0.5, 0.6) is 0 Å². The molecule has 0 heterocycles. The van der Waals surface area contributed by atoms with Crippen molar-refractivity contribution in [2.75, 3.05) is 7.11 Å². The van der Waals surface area contributed by atoms with Gasteiger partial charge in [-0.2, -0.15) is 0 Å². The molecule has 1 aliphatic carbocycles. The first kappa shape index (κ1) is 10.4. The van der Waals surface area contributed by atoms with Gasteiger partial charge in [0.15, 0.2) is 5.78 Å². The van der Waals surface area contributed by atoms with Gasteiger partial charge >= 0.3 is 0 Å². The molecular formula is C13H16O2. The van der Waals surface area contributed by atoms with E-state index < -0.39 is 0 Å². The Morgan fingerprint density at radius 1 is 1.40 bits per heavy atom. The second-order valence-electron chi connectivity index (χ2n) is 4.14. The van der Waals surface area contributed by atoms with E-state index in [9.17, 15) is 4.79 Å². The second kappa shape index (κ2) is 4.58. The van der Waals surface area contributed by atoms with Crippen LogP contribution in [0.25, 0.3) is 0 Å². The van der Waals surface area contributed by atoms with E-state index in [1.54, 1.807) is 7.11 Å². The minimum atomic E-state index is -0.369. The molecule has 1 saturated carbocycles. The Bertz CT molecular complexity index is 328. The van der Waals surface area contributed by atoms with Crippen LogP contribution in [0.4, 0.5) is 0 Å². The van der Waals surface area contributed by atoms with Crippen molar-refractivity contribution in [3.63, 3.8) is 0 Å². The molecule has 15 heavy (non-hydrogen) atoms. The Labute approximate surface area is 90.3 Å². The summed E-state index contributed by atoms with van der Waals surface area (Å²) in [5.41, 5.74) is 0.964. The van der Waals surface area contributed by atoms with Crippen molar-refractivity contribution in [2.45, 2.75) is 25.4 Å². The van der Waals surface area contributed by atoms with E-state index in [4.69, 9.17) is 4.74 Å². The SMILES string of the molecule is COC(C(=O)CC1CC1)c1ccccc1. The monoisotopic (exact) mass is 204 g/mol. The lowest BCUT2D eigenvalue weighted by molar-refractivity contribution is -0.129. The summed E-state index contributed by atoms with van der Waals surface area (Å²) < 4.78 is 5.28. The topological polar surface area (TPSA) is 26.3 Å². The molecule has 0 aromatic heterocycles. The highest BCUT2D eigenvalue weighted by molar-refractivity contribution is 5.84. The van der Waals surface area contributed by atoms with E-state index in [1.807, 2.05) is 30.3 Å². The van der Waals surface area contributed by atoms with Gasteiger partial charge in [-0.15, -0.1) is 0 Å². The van der Waals surface area contributed by atoms with Crippen LogP contribution in [-0.2, 0) is 9.53 Å². The fraction of sp³-hybridized carbons (Fsp3) is 0.462. The van der Waals surface area contributed by atoms with Crippen LogP contribution in [0.3, 0.4) is 0 Å². The second-order valence-corrected chi connectivity index (χ2v) is 4.14. The summed E-state index contributed by atoms with van der Waals surface area (Å²) in [5.74, 6) is 0.838. The van der Waals surface area contributed by atoms with Crippen LogP contribution in [0.15, 0.2) is 30.3 Å². The van der Waals surface area contributed by atoms with E-state index >= 15 is 0 Å². The summed E-state index contributed by atoms with van der Waals surface area (Å²) in [6.07, 6.45) is 2.72. The largest absolute Gasteiger partial charge is 0.369 e. The number of hydrogen-bond acceptors (Lipinski definition) is 2. The van der Waals surface area contributed by atoms with Gasteiger partial charge in [0, 0.05) is 13.5 Å². The number of benzene rings is 1. The summed E-state index contributed by atoms with van der Waals surface area (Å²) >= 11 is 0. The molecule has 2 rings (SSSR count). The Morgan fingerprint density at radius 2 is 2.07 bits per heavy atom. The van der Waals surface area contributed by atoms with Crippen molar-refractivity contribution in [3.8, 4) is 0 Å². The first-order valence-electron chi connectivity index (χ1n) is 5.41. The zero-order chi connectivity index (χ0) is 10.7. The van der Waals surface area contributed by atoms with Crippen LogP contribution in [0, 0.1) is 5.92 Å². The number of rotatable bonds is 5. The molecule has 1 aromatic carbocycles. The minimum Gasteiger partial charge on any atom is -0.369 e. The van der Waals surface area contributed by atoms with Crippen molar-refractivity contribution in [1.29, 1.82) is 0 Å². The molecule has 0 radical (unpaired) electrons. The van der Waals surface area contributed by atoms with Crippen molar-refractivity contribution in [2.24, 2.45) is 5.92 Å². The third-order valence-corrected chi connectivity index (χ3v) is 2.82. The molecule has 1 fully saturated rings.